The summed E-state index contributed by atoms with van der Waals surface area (Å²) in [7, 11) is 0. The fourth-order valence-corrected chi connectivity index (χ4v) is 2.21. The topological polar surface area (TPSA) is 44.1 Å². The molecule has 0 aromatic carbocycles. The Morgan fingerprint density at radius 2 is 2.18 bits per heavy atom. The molecule has 1 aliphatic heterocycles. The van der Waals surface area contributed by atoms with Gasteiger partial charge in [0.2, 0.25) is 5.91 Å². The van der Waals surface area contributed by atoms with E-state index < -0.39 is 0 Å². The van der Waals surface area contributed by atoms with Gasteiger partial charge in [-0.25, -0.2) is 0 Å². The van der Waals surface area contributed by atoms with E-state index in [1.54, 1.807) is 0 Å². The van der Waals surface area contributed by atoms with Gasteiger partial charge in [0, 0.05) is 19.5 Å². The Morgan fingerprint density at radius 1 is 1.47 bits per heavy atom. The molecule has 1 saturated heterocycles. The van der Waals surface area contributed by atoms with Gasteiger partial charge in [-0.05, 0) is 39.0 Å². The van der Waals surface area contributed by atoms with Gasteiger partial charge in [0.15, 0.2) is 0 Å². The average molecular weight is 236 g/mol. The Hall–Kier alpha value is -1.04. The van der Waals surface area contributed by atoms with Gasteiger partial charge in [0.25, 0.3) is 0 Å². The van der Waals surface area contributed by atoms with Crippen molar-refractivity contribution in [1.82, 2.24) is 4.90 Å². The highest BCUT2D eigenvalue weighted by Gasteiger charge is 2.24. The van der Waals surface area contributed by atoms with Crippen LogP contribution in [0.4, 0.5) is 0 Å². The molecule has 0 aromatic rings. The highest BCUT2D eigenvalue weighted by Crippen LogP contribution is 2.24. The van der Waals surface area contributed by atoms with Crippen LogP contribution in [0.15, 0.2) is 0 Å². The van der Waals surface area contributed by atoms with Gasteiger partial charge in [0.05, 0.1) is 11.5 Å². The average Bonchev–Trinajstić information content (AvgIpc) is 2.49. The zero-order valence-corrected chi connectivity index (χ0v) is 11.3. The van der Waals surface area contributed by atoms with Crippen molar-refractivity contribution in [3.8, 4) is 6.07 Å². The minimum atomic E-state index is -0.323. The van der Waals surface area contributed by atoms with E-state index >= 15 is 0 Å². The van der Waals surface area contributed by atoms with E-state index in [2.05, 4.69) is 13.0 Å². The third kappa shape index (κ3) is 4.38. The maximum Gasteiger partial charge on any atom is 0.222 e. The van der Waals surface area contributed by atoms with E-state index in [-0.39, 0.29) is 11.3 Å². The summed E-state index contributed by atoms with van der Waals surface area (Å²) in [5.41, 5.74) is -0.323. The summed E-state index contributed by atoms with van der Waals surface area (Å²) >= 11 is 0. The van der Waals surface area contributed by atoms with E-state index in [4.69, 9.17) is 5.26 Å². The molecule has 0 bridgehead atoms. The third-order valence-corrected chi connectivity index (χ3v) is 3.81. The van der Waals surface area contributed by atoms with Crippen molar-refractivity contribution in [1.29, 1.82) is 5.26 Å². The van der Waals surface area contributed by atoms with E-state index in [1.165, 1.54) is 6.42 Å². The zero-order chi connectivity index (χ0) is 12.9. The number of hydrogen-bond acceptors (Lipinski definition) is 2. The Morgan fingerprint density at radius 3 is 2.76 bits per heavy atom. The number of nitrogens with zero attached hydrogens (tertiary/aromatic N) is 2. The number of hydrogen-bond donors (Lipinski definition) is 0. The third-order valence-electron chi connectivity index (χ3n) is 3.81. The molecular formula is C14H24N2O. The van der Waals surface area contributed by atoms with E-state index in [0.29, 0.717) is 12.3 Å². The standard InChI is InChI=1S/C14H24N2O/c1-4-12-5-6-13(17)16(9-7-12)10-8-14(2,3)11-15/h12H,4-10H2,1-3H3. The van der Waals surface area contributed by atoms with Gasteiger partial charge in [-0.3, -0.25) is 4.79 Å². The molecule has 1 unspecified atom stereocenters. The van der Waals surface area contributed by atoms with Crippen LogP contribution in [-0.2, 0) is 4.79 Å². The van der Waals surface area contributed by atoms with Crippen molar-refractivity contribution in [2.45, 2.75) is 52.9 Å². The molecule has 1 aliphatic rings. The lowest BCUT2D eigenvalue weighted by Gasteiger charge is -2.24. The number of likely N-dealkylation sites (tertiary alicyclic amines) is 1. The first kappa shape index (κ1) is 14.0. The van der Waals surface area contributed by atoms with Gasteiger partial charge in [-0.15, -0.1) is 0 Å². The largest absolute Gasteiger partial charge is 0.343 e. The molecule has 96 valence electrons. The van der Waals surface area contributed by atoms with Crippen molar-refractivity contribution < 1.29 is 4.79 Å². The molecule has 0 radical (unpaired) electrons. The second kappa shape index (κ2) is 6.05. The van der Waals surface area contributed by atoms with Gasteiger partial charge in [-0.2, -0.15) is 5.26 Å². The molecule has 17 heavy (non-hydrogen) atoms. The van der Waals surface area contributed by atoms with Crippen LogP contribution in [0.2, 0.25) is 0 Å². The Bertz CT molecular complexity index is 304. The summed E-state index contributed by atoms with van der Waals surface area (Å²) in [6.45, 7) is 7.67. The van der Waals surface area contributed by atoms with Crippen LogP contribution in [0.5, 0.6) is 0 Å². The minimum Gasteiger partial charge on any atom is -0.343 e. The van der Waals surface area contributed by atoms with Crippen molar-refractivity contribution in [3.63, 3.8) is 0 Å². The van der Waals surface area contributed by atoms with Crippen LogP contribution in [0.3, 0.4) is 0 Å². The highest BCUT2D eigenvalue weighted by atomic mass is 16.2. The number of carbonyl (C=O) groups excluding carboxylic acids is 1. The molecule has 1 amide bonds. The quantitative estimate of drug-likeness (QED) is 0.753. The maximum absolute atomic E-state index is 11.9. The first-order valence-electron chi connectivity index (χ1n) is 6.67. The molecule has 1 fully saturated rings. The number of rotatable bonds is 4. The predicted molar refractivity (Wildman–Crippen MR) is 68.2 cm³/mol. The Labute approximate surface area is 105 Å². The smallest absolute Gasteiger partial charge is 0.222 e. The van der Waals surface area contributed by atoms with Crippen LogP contribution in [0, 0.1) is 22.7 Å². The summed E-state index contributed by atoms with van der Waals surface area (Å²) in [6.07, 6.45) is 4.78. The van der Waals surface area contributed by atoms with E-state index in [9.17, 15) is 4.79 Å². The summed E-state index contributed by atoms with van der Waals surface area (Å²) in [5, 5.41) is 8.97. The number of amides is 1. The Balaban J connectivity index is 2.48. The molecule has 1 rings (SSSR count). The molecule has 0 aromatic heterocycles. The predicted octanol–water partition coefficient (Wildman–Crippen LogP) is 2.96. The number of carbonyl (C=O) groups is 1. The SMILES string of the molecule is CCC1CCC(=O)N(CCC(C)(C)C#N)CC1. The molecule has 0 saturated carbocycles. The van der Waals surface area contributed by atoms with Gasteiger partial charge >= 0.3 is 0 Å². The molecule has 3 heteroatoms. The van der Waals surface area contributed by atoms with Gasteiger partial charge in [0.1, 0.15) is 0 Å². The normalized spacial score (nSPS) is 22.1. The summed E-state index contributed by atoms with van der Waals surface area (Å²) in [6, 6.07) is 2.29. The summed E-state index contributed by atoms with van der Waals surface area (Å²) in [4.78, 5) is 13.9. The monoisotopic (exact) mass is 236 g/mol. The zero-order valence-electron chi connectivity index (χ0n) is 11.3. The van der Waals surface area contributed by atoms with E-state index in [0.717, 1.165) is 32.4 Å². The minimum absolute atomic E-state index is 0.273. The fourth-order valence-electron chi connectivity index (χ4n) is 2.21. The first-order chi connectivity index (χ1) is 7.98. The van der Waals surface area contributed by atoms with Crippen LogP contribution in [0.25, 0.3) is 0 Å². The molecule has 0 N–H and O–H groups in total. The summed E-state index contributed by atoms with van der Waals surface area (Å²) in [5.74, 6) is 0.975. The van der Waals surface area contributed by atoms with Crippen LogP contribution >= 0.6 is 0 Å². The van der Waals surface area contributed by atoms with Crippen molar-refractivity contribution >= 4 is 5.91 Å². The van der Waals surface area contributed by atoms with Crippen LogP contribution in [0.1, 0.15) is 52.9 Å². The van der Waals surface area contributed by atoms with Crippen LogP contribution in [-0.4, -0.2) is 23.9 Å². The molecule has 0 aliphatic carbocycles. The van der Waals surface area contributed by atoms with Crippen molar-refractivity contribution in [2.75, 3.05) is 13.1 Å². The molecule has 1 heterocycles. The van der Waals surface area contributed by atoms with Gasteiger partial charge < -0.3 is 4.90 Å². The molecule has 0 spiro atoms. The number of nitriles is 1. The first-order valence-corrected chi connectivity index (χ1v) is 6.67. The molecular weight excluding hydrogens is 212 g/mol. The van der Waals surface area contributed by atoms with E-state index in [1.807, 2.05) is 18.7 Å². The second-order valence-corrected chi connectivity index (χ2v) is 5.73. The Kier molecular flexibility index (Phi) is 4.99. The van der Waals surface area contributed by atoms with Crippen molar-refractivity contribution in [2.24, 2.45) is 11.3 Å². The fraction of sp³-hybridized carbons (Fsp3) is 0.857. The lowest BCUT2D eigenvalue weighted by molar-refractivity contribution is -0.130. The van der Waals surface area contributed by atoms with Gasteiger partial charge in [-0.1, -0.05) is 13.3 Å². The van der Waals surface area contributed by atoms with Crippen molar-refractivity contribution in [3.05, 3.63) is 0 Å². The molecule has 1 atom stereocenters. The lowest BCUT2D eigenvalue weighted by atomic mass is 9.91. The highest BCUT2D eigenvalue weighted by molar-refractivity contribution is 5.76. The molecule has 3 nitrogen and oxygen atoms in total. The second-order valence-electron chi connectivity index (χ2n) is 5.73. The maximum atomic E-state index is 11.9. The lowest BCUT2D eigenvalue weighted by Crippen LogP contribution is -2.33. The summed E-state index contributed by atoms with van der Waals surface area (Å²) < 4.78 is 0. The van der Waals surface area contributed by atoms with Crippen LogP contribution < -0.4 is 0 Å².